The third-order valence-corrected chi connectivity index (χ3v) is 6.02. The Morgan fingerprint density at radius 3 is 1.64 bits per heavy atom. The van der Waals surface area contributed by atoms with Crippen LogP contribution in [-0.4, -0.2) is 167 Å². The van der Waals surface area contributed by atoms with Gasteiger partial charge in [-0.25, -0.2) is 9.59 Å². The number of rotatable bonds is 7. The summed E-state index contributed by atoms with van der Waals surface area (Å²) in [6.07, 6.45) is -29.8. The van der Waals surface area contributed by atoms with Crippen LogP contribution in [0.2, 0.25) is 0 Å². The van der Waals surface area contributed by atoms with Crippen LogP contribution in [0.25, 0.3) is 0 Å². The fraction of sp³-hybridized carbons (Fsp3) is 0.889. The molecule has 18 nitrogen and oxygen atoms in total. The minimum absolute atomic E-state index is 0.954. The largest absolute Gasteiger partial charge is 0.479 e. The molecule has 3 aliphatic heterocycles. The topological polar surface area (TPSA) is 303 Å². The first-order valence-corrected chi connectivity index (χ1v) is 10.6. The molecule has 15 atom stereocenters. The lowest BCUT2D eigenvalue weighted by atomic mass is 9.96. The van der Waals surface area contributed by atoms with Crippen molar-refractivity contribution in [2.75, 3.05) is 6.61 Å². The Labute approximate surface area is 201 Å². The van der Waals surface area contributed by atoms with Gasteiger partial charge in [-0.15, -0.1) is 0 Å². The summed E-state index contributed by atoms with van der Waals surface area (Å²) in [7, 11) is 0. The van der Waals surface area contributed by atoms with E-state index in [4.69, 9.17) is 29.2 Å². The van der Waals surface area contributed by atoms with Crippen LogP contribution in [0, 0.1) is 0 Å². The molecule has 0 bridgehead atoms. The van der Waals surface area contributed by atoms with Crippen molar-refractivity contribution in [3.05, 3.63) is 0 Å². The van der Waals surface area contributed by atoms with E-state index in [0.717, 1.165) is 0 Å². The number of ether oxygens (including phenoxy) is 5. The van der Waals surface area contributed by atoms with E-state index in [9.17, 15) is 55.5 Å². The number of aliphatic hydroxyl groups is 9. The van der Waals surface area contributed by atoms with Crippen LogP contribution in [0.1, 0.15) is 0 Å². The van der Waals surface area contributed by atoms with Gasteiger partial charge in [0.15, 0.2) is 31.1 Å². The average Bonchev–Trinajstić information content (AvgIpc) is 2.82. The quantitative estimate of drug-likeness (QED) is 0.145. The standard InChI is InChI=1S/C18H28O18/c19-1-2-10(34-18-6(23)3(20)4(21)12(36-18)14(27)28)5(22)7(24)17(32-2)35-11-8(25)13(15(29)30)33-16(31)9(11)26/h2-13,16-26,31H,1H2,(H,27,28)(H,29,30)/t2-,3+,4+,5-,6-,7-,8+,9-,10-,11+,12+,13+,16-,17+,18-/m1/s1. The fourth-order valence-electron chi connectivity index (χ4n) is 4.02. The molecule has 3 fully saturated rings. The monoisotopic (exact) mass is 532 g/mol. The zero-order chi connectivity index (χ0) is 27.1. The molecule has 3 aliphatic rings. The van der Waals surface area contributed by atoms with E-state index in [-0.39, 0.29) is 0 Å². The van der Waals surface area contributed by atoms with E-state index >= 15 is 0 Å². The van der Waals surface area contributed by atoms with Gasteiger partial charge in [-0.1, -0.05) is 0 Å². The van der Waals surface area contributed by atoms with Crippen molar-refractivity contribution >= 4 is 11.9 Å². The van der Waals surface area contributed by atoms with Crippen molar-refractivity contribution in [3.63, 3.8) is 0 Å². The molecule has 0 aromatic carbocycles. The normalized spacial score (nSPS) is 50.0. The van der Waals surface area contributed by atoms with E-state index in [1.165, 1.54) is 0 Å². The van der Waals surface area contributed by atoms with Gasteiger partial charge in [0.1, 0.15) is 61.0 Å². The highest BCUT2D eigenvalue weighted by Crippen LogP contribution is 2.32. The molecule has 0 spiro atoms. The van der Waals surface area contributed by atoms with Gasteiger partial charge in [-0.05, 0) is 0 Å². The molecule has 0 aliphatic carbocycles. The van der Waals surface area contributed by atoms with Crippen molar-refractivity contribution in [1.82, 2.24) is 0 Å². The second-order valence-corrected chi connectivity index (χ2v) is 8.41. The van der Waals surface area contributed by atoms with E-state index in [1.807, 2.05) is 0 Å². The molecule has 18 heteroatoms. The maximum Gasteiger partial charge on any atom is 0.335 e. The third-order valence-electron chi connectivity index (χ3n) is 6.02. The molecule has 3 rings (SSSR count). The summed E-state index contributed by atoms with van der Waals surface area (Å²) in [6, 6.07) is 0. The summed E-state index contributed by atoms with van der Waals surface area (Å²) < 4.78 is 25.3. The summed E-state index contributed by atoms with van der Waals surface area (Å²) in [5, 5.41) is 109. The number of hydrogen-bond acceptors (Lipinski definition) is 16. The van der Waals surface area contributed by atoms with Crippen LogP contribution in [-0.2, 0) is 33.3 Å². The Morgan fingerprint density at radius 2 is 1.08 bits per heavy atom. The smallest absolute Gasteiger partial charge is 0.335 e. The van der Waals surface area contributed by atoms with Crippen LogP contribution < -0.4 is 0 Å². The molecule has 11 N–H and O–H groups in total. The maximum atomic E-state index is 11.3. The second-order valence-electron chi connectivity index (χ2n) is 8.41. The molecule has 0 aromatic rings. The molecule has 3 heterocycles. The average molecular weight is 532 g/mol. The van der Waals surface area contributed by atoms with Gasteiger partial charge in [-0.3, -0.25) is 0 Å². The third kappa shape index (κ3) is 5.47. The summed E-state index contributed by atoms with van der Waals surface area (Å²) in [5.74, 6) is -3.43. The van der Waals surface area contributed by atoms with Gasteiger partial charge in [0.25, 0.3) is 0 Å². The van der Waals surface area contributed by atoms with Crippen molar-refractivity contribution < 1.29 is 89.4 Å². The number of aliphatic carboxylic acids is 2. The highest BCUT2D eigenvalue weighted by molar-refractivity contribution is 5.73. The lowest BCUT2D eigenvalue weighted by Crippen LogP contribution is -2.67. The van der Waals surface area contributed by atoms with Gasteiger partial charge < -0.3 is 79.9 Å². The molecule has 208 valence electrons. The van der Waals surface area contributed by atoms with Crippen LogP contribution in [0.3, 0.4) is 0 Å². The molecular weight excluding hydrogens is 504 g/mol. The summed E-state index contributed by atoms with van der Waals surface area (Å²) >= 11 is 0. The summed E-state index contributed by atoms with van der Waals surface area (Å²) in [4.78, 5) is 22.5. The summed E-state index contributed by atoms with van der Waals surface area (Å²) in [6.45, 7) is -0.954. The highest BCUT2D eigenvalue weighted by atomic mass is 16.8. The Morgan fingerprint density at radius 1 is 0.583 bits per heavy atom. The molecule has 0 amide bonds. The minimum atomic E-state index is -2.12. The fourth-order valence-corrected chi connectivity index (χ4v) is 4.02. The first kappa shape index (κ1) is 28.9. The molecule has 36 heavy (non-hydrogen) atoms. The Hall–Kier alpha value is -1.62. The molecule has 3 saturated heterocycles. The maximum absolute atomic E-state index is 11.3. The zero-order valence-corrected chi connectivity index (χ0v) is 18.1. The zero-order valence-electron chi connectivity index (χ0n) is 18.1. The van der Waals surface area contributed by atoms with Crippen molar-refractivity contribution in [3.8, 4) is 0 Å². The van der Waals surface area contributed by atoms with Gasteiger partial charge in [-0.2, -0.15) is 0 Å². The minimum Gasteiger partial charge on any atom is -0.479 e. The predicted molar refractivity (Wildman–Crippen MR) is 102 cm³/mol. The number of hydrogen-bond donors (Lipinski definition) is 11. The lowest BCUT2D eigenvalue weighted by Gasteiger charge is -2.47. The van der Waals surface area contributed by atoms with Gasteiger partial charge >= 0.3 is 11.9 Å². The lowest BCUT2D eigenvalue weighted by molar-refractivity contribution is -0.374. The van der Waals surface area contributed by atoms with Crippen LogP contribution in [0.5, 0.6) is 0 Å². The van der Waals surface area contributed by atoms with Crippen molar-refractivity contribution in [2.45, 2.75) is 92.1 Å². The second kappa shape index (κ2) is 11.4. The first-order valence-electron chi connectivity index (χ1n) is 10.6. The Bertz CT molecular complexity index is 779. The van der Waals surface area contributed by atoms with E-state index < -0.39 is 111 Å². The van der Waals surface area contributed by atoms with E-state index in [2.05, 4.69) is 4.74 Å². The predicted octanol–water partition coefficient (Wildman–Crippen LogP) is -7.39. The number of carboxylic acids is 2. The van der Waals surface area contributed by atoms with Crippen LogP contribution in [0.4, 0.5) is 0 Å². The van der Waals surface area contributed by atoms with Gasteiger partial charge in [0.05, 0.1) is 6.61 Å². The summed E-state index contributed by atoms with van der Waals surface area (Å²) in [5.41, 5.74) is 0. The van der Waals surface area contributed by atoms with Gasteiger partial charge in [0, 0.05) is 0 Å². The van der Waals surface area contributed by atoms with Crippen LogP contribution >= 0.6 is 0 Å². The van der Waals surface area contributed by atoms with E-state index in [1.54, 1.807) is 0 Å². The SMILES string of the molecule is O=C(O)[C@H]1O[C@@H](O[C@H]2[C@H](O)[C@@H](O)[C@H](O[C@@H]3[C@@H](O)[C@H](O)O[C@H](C(=O)O)[C@H]3O)O[C@@H]2CO)[C@H](O)[C@@H](O)[C@@H]1O. The first-order chi connectivity index (χ1) is 16.8. The number of carbonyl (C=O) groups is 2. The molecular formula is C18H28O18. The number of carboxylic acid groups (broad SMARTS) is 2. The van der Waals surface area contributed by atoms with Gasteiger partial charge in [0.2, 0.25) is 0 Å². The number of aliphatic hydroxyl groups excluding tert-OH is 9. The Kier molecular flexibility index (Phi) is 9.17. The molecule has 0 saturated carbocycles. The molecule has 0 aromatic heterocycles. The Balaban J connectivity index is 1.75. The van der Waals surface area contributed by atoms with Crippen molar-refractivity contribution in [2.24, 2.45) is 0 Å². The van der Waals surface area contributed by atoms with Crippen molar-refractivity contribution in [1.29, 1.82) is 0 Å². The highest BCUT2D eigenvalue weighted by Gasteiger charge is 2.54. The molecule has 0 unspecified atom stereocenters. The van der Waals surface area contributed by atoms with Crippen LogP contribution in [0.15, 0.2) is 0 Å². The molecule has 0 radical (unpaired) electrons. The van der Waals surface area contributed by atoms with E-state index in [0.29, 0.717) is 0 Å².